The van der Waals surface area contributed by atoms with Crippen molar-refractivity contribution in [1.82, 2.24) is 15.2 Å². The van der Waals surface area contributed by atoms with Crippen LogP contribution in [0.3, 0.4) is 0 Å². The van der Waals surface area contributed by atoms with Gasteiger partial charge in [0.2, 0.25) is 5.95 Å². The summed E-state index contributed by atoms with van der Waals surface area (Å²) in [5.41, 5.74) is -0.332. The first-order valence-corrected chi connectivity index (χ1v) is 6.32. The van der Waals surface area contributed by atoms with Gasteiger partial charge in [-0.1, -0.05) is 0 Å². The van der Waals surface area contributed by atoms with Crippen LogP contribution in [0.5, 0.6) is 0 Å². The quantitative estimate of drug-likeness (QED) is 0.773. The fourth-order valence-electron chi connectivity index (χ4n) is 1.83. The van der Waals surface area contributed by atoms with Gasteiger partial charge in [-0.05, 0) is 24.3 Å². The molecule has 0 spiro atoms. The Morgan fingerprint density at radius 1 is 1.23 bits per heavy atom. The number of anilines is 2. The molecule has 0 amide bonds. The smallest absolute Gasteiger partial charge is 0.274 e. The summed E-state index contributed by atoms with van der Waals surface area (Å²) in [6, 6.07) is 6.41. The summed E-state index contributed by atoms with van der Waals surface area (Å²) < 4.78 is 31.5. The molecular weight excluding hydrogens is 294 g/mol. The maximum Gasteiger partial charge on any atom is 0.274 e. The summed E-state index contributed by atoms with van der Waals surface area (Å²) in [7, 11) is 0. The zero-order chi connectivity index (χ0) is 15.5. The zero-order valence-corrected chi connectivity index (χ0v) is 11.1. The molecule has 2 aromatic heterocycles. The SMILES string of the molecule is O=c1[nH]c(Nc2ccc(F)cc2F)nnc1Cc1ccco1. The predicted octanol–water partition coefficient (Wildman–Crippen LogP) is 2.37. The summed E-state index contributed by atoms with van der Waals surface area (Å²) in [5, 5.41) is 10.1. The molecule has 0 unspecified atom stereocenters. The summed E-state index contributed by atoms with van der Waals surface area (Å²) in [6.45, 7) is 0. The Balaban J connectivity index is 1.81. The van der Waals surface area contributed by atoms with Crippen LogP contribution in [0.2, 0.25) is 0 Å². The minimum atomic E-state index is -0.803. The molecule has 0 aliphatic heterocycles. The third-order valence-electron chi connectivity index (χ3n) is 2.87. The normalized spacial score (nSPS) is 10.6. The standard InChI is InChI=1S/C14H10F2N4O2/c15-8-3-4-11(10(16)6-8)17-14-18-13(21)12(19-20-14)7-9-2-1-5-22-9/h1-6H,7H2,(H2,17,18,20,21). The van der Waals surface area contributed by atoms with Gasteiger partial charge >= 0.3 is 0 Å². The van der Waals surface area contributed by atoms with Crippen molar-refractivity contribution in [2.24, 2.45) is 0 Å². The minimum Gasteiger partial charge on any atom is -0.469 e. The number of nitrogens with one attached hydrogen (secondary N) is 2. The molecule has 2 heterocycles. The average molecular weight is 304 g/mol. The third kappa shape index (κ3) is 3.00. The Kier molecular flexibility index (Phi) is 3.65. The van der Waals surface area contributed by atoms with Gasteiger partial charge in [-0.15, -0.1) is 10.2 Å². The van der Waals surface area contributed by atoms with E-state index in [2.05, 4.69) is 20.5 Å². The Hall–Kier alpha value is -3.03. The van der Waals surface area contributed by atoms with Crippen molar-refractivity contribution in [2.45, 2.75) is 6.42 Å². The van der Waals surface area contributed by atoms with Crippen LogP contribution in [0.4, 0.5) is 20.4 Å². The lowest BCUT2D eigenvalue weighted by Crippen LogP contribution is -2.18. The van der Waals surface area contributed by atoms with Crippen LogP contribution >= 0.6 is 0 Å². The highest BCUT2D eigenvalue weighted by atomic mass is 19.1. The number of rotatable bonds is 4. The lowest BCUT2D eigenvalue weighted by atomic mass is 10.2. The van der Waals surface area contributed by atoms with Crippen LogP contribution in [-0.4, -0.2) is 15.2 Å². The van der Waals surface area contributed by atoms with Gasteiger partial charge in [0, 0.05) is 6.07 Å². The number of aromatic nitrogens is 3. The van der Waals surface area contributed by atoms with Crippen molar-refractivity contribution in [3.63, 3.8) is 0 Å². The van der Waals surface area contributed by atoms with E-state index in [4.69, 9.17) is 4.42 Å². The van der Waals surface area contributed by atoms with Gasteiger partial charge in [0.15, 0.2) is 0 Å². The van der Waals surface area contributed by atoms with E-state index in [1.54, 1.807) is 12.1 Å². The van der Waals surface area contributed by atoms with E-state index in [0.29, 0.717) is 5.76 Å². The molecule has 1 aromatic carbocycles. The van der Waals surface area contributed by atoms with Crippen LogP contribution in [0.1, 0.15) is 11.5 Å². The summed E-state index contributed by atoms with van der Waals surface area (Å²) in [6.07, 6.45) is 1.69. The van der Waals surface area contributed by atoms with Gasteiger partial charge in [0.1, 0.15) is 23.1 Å². The van der Waals surface area contributed by atoms with E-state index < -0.39 is 17.2 Å². The first-order chi connectivity index (χ1) is 10.6. The highest BCUT2D eigenvalue weighted by molar-refractivity contribution is 5.53. The average Bonchev–Trinajstić information content (AvgIpc) is 2.98. The Labute approximate surface area is 122 Å². The van der Waals surface area contributed by atoms with Crippen molar-refractivity contribution in [2.75, 3.05) is 5.32 Å². The summed E-state index contributed by atoms with van der Waals surface area (Å²) >= 11 is 0. The highest BCUT2D eigenvalue weighted by Gasteiger charge is 2.09. The second kappa shape index (κ2) is 5.76. The van der Waals surface area contributed by atoms with Gasteiger partial charge in [-0.2, -0.15) is 0 Å². The van der Waals surface area contributed by atoms with E-state index in [9.17, 15) is 13.6 Å². The molecule has 0 atom stereocenters. The Morgan fingerprint density at radius 3 is 2.77 bits per heavy atom. The Morgan fingerprint density at radius 2 is 2.09 bits per heavy atom. The fraction of sp³-hybridized carbons (Fsp3) is 0.0714. The molecule has 0 aliphatic carbocycles. The lowest BCUT2D eigenvalue weighted by Gasteiger charge is -2.06. The van der Waals surface area contributed by atoms with Crippen LogP contribution in [-0.2, 0) is 6.42 Å². The number of halogens is 2. The molecule has 0 saturated carbocycles. The third-order valence-corrected chi connectivity index (χ3v) is 2.87. The Bertz CT molecular complexity index is 846. The van der Waals surface area contributed by atoms with Crippen LogP contribution in [0.25, 0.3) is 0 Å². The topological polar surface area (TPSA) is 83.8 Å². The number of hydrogen-bond donors (Lipinski definition) is 2. The van der Waals surface area contributed by atoms with Gasteiger partial charge < -0.3 is 9.73 Å². The number of aromatic amines is 1. The second-order valence-electron chi connectivity index (χ2n) is 4.45. The highest BCUT2D eigenvalue weighted by Crippen LogP contribution is 2.17. The molecule has 2 N–H and O–H groups in total. The molecule has 0 aliphatic rings. The second-order valence-corrected chi connectivity index (χ2v) is 4.45. The number of H-pyrrole nitrogens is 1. The fourth-order valence-corrected chi connectivity index (χ4v) is 1.83. The molecule has 8 heteroatoms. The summed E-state index contributed by atoms with van der Waals surface area (Å²) in [5.74, 6) is -0.970. The first-order valence-electron chi connectivity index (χ1n) is 6.32. The molecule has 3 rings (SSSR count). The molecule has 0 fully saturated rings. The van der Waals surface area contributed by atoms with Crippen molar-refractivity contribution < 1.29 is 13.2 Å². The molecular formula is C14H10F2N4O2. The maximum atomic E-state index is 13.5. The van der Waals surface area contributed by atoms with Crippen molar-refractivity contribution >= 4 is 11.6 Å². The largest absolute Gasteiger partial charge is 0.469 e. The van der Waals surface area contributed by atoms with Crippen LogP contribution in [0, 0.1) is 11.6 Å². The molecule has 0 saturated heterocycles. The van der Waals surface area contributed by atoms with E-state index in [1.807, 2.05) is 0 Å². The van der Waals surface area contributed by atoms with Gasteiger partial charge in [-0.3, -0.25) is 9.78 Å². The van der Waals surface area contributed by atoms with Crippen molar-refractivity contribution in [1.29, 1.82) is 0 Å². The lowest BCUT2D eigenvalue weighted by molar-refractivity contribution is 0.517. The molecule has 0 bridgehead atoms. The van der Waals surface area contributed by atoms with Gasteiger partial charge in [-0.25, -0.2) is 8.78 Å². The van der Waals surface area contributed by atoms with Crippen molar-refractivity contribution in [3.05, 3.63) is 70.0 Å². The van der Waals surface area contributed by atoms with Gasteiger partial charge in [0.05, 0.1) is 18.4 Å². The van der Waals surface area contributed by atoms with E-state index in [0.717, 1.165) is 12.1 Å². The van der Waals surface area contributed by atoms with Crippen molar-refractivity contribution in [3.8, 4) is 0 Å². The molecule has 6 nitrogen and oxygen atoms in total. The van der Waals surface area contributed by atoms with E-state index in [1.165, 1.54) is 12.3 Å². The molecule has 3 aromatic rings. The zero-order valence-electron chi connectivity index (χ0n) is 11.1. The number of hydrogen-bond acceptors (Lipinski definition) is 5. The monoisotopic (exact) mass is 304 g/mol. The number of nitrogens with zero attached hydrogens (tertiary/aromatic N) is 2. The molecule has 112 valence electrons. The number of furan rings is 1. The van der Waals surface area contributed by atoms with E-state index in [-0.39, 0.29) is 23.8 Å². The first kappa shape index (κ1) is 13.9. The molecule has 0 radical (unpaired) electrons. The van der Waals surface area contributed by atoms with Gasteiger partial charge in [0.25, 0.3) is 5.56 Å². The van der Waals surface area contributed by atoms with E-state index >= 15 is 0 Å². The predicted molar refractivity (Wildman–Crippen MR) is 73.8 cm³/mol. The summed E-state index contributed by atoms with van der Waals surface area (Å²) in [4.78, 5) is 14.3. The van der Waals surface area contributed by atoms with Crippen LogP contribution in [0.15, 0.2) is 45.8 Å². The minimum absolute atomic E-state index is 0.0230. The van der Waals surface area contributed by atoms with Crippen LogP contribution < -0.4 is 10.9 Å². The molecule has 22 heavy (non-hydrogen) atoms. The number of benzene rings is 1. The maximum absolute atomic E-state index is 13.5.